The van der Waals surface area contributed by atoms with Crippen molar-refractivity contribution in [2.45, 2.75) is 5.75 Å². The van der Waals surface area contributed by atoms with Crippen molar-refractivity contribution in [1.29, 1.82) is 0 Å². The Bertz CT molecular complexity index is 1410. The minimum Gasteiger partial charge on any atom is -0.593 e. The predicted molar refractivity (Wildman–Crippen MR) is 123 cm³/mol. The van der Waals surface area contributed by atoms with Gasteiger partial charge in [0.05, 0.1) is 22.6 Å². The van der Waals surface area contributed by atoms with Crippen molar-refractivity contribution in [2.75, 3.05) is 17.1 Å². The second kappa shape index (κ2) is 10.7. The van der Waals surface area contributed by atoms with Crippen LogP contribution in [-0.4, -0.2) is 26.6 Å². The molecular weight excluding hydrogens is 505 g/mol. The molecule has 0 saturated carbocycles. The average molecular weight is 521 g/mol. The fraction of sp³-hybridized carbons (Fsp3) is 0.0870. The van der Waals surface area contributed by atoms with Crippen LogP contribution < -0.4 is 14.8 Å². The Balaban J connectivity index is 1.59. The first-order chi connectivity index (χ1) is 17.3. The molecule has 4 rings (SSSR count). The summed E-state index contributed by atoms with van der Waals surface area (Å²) < 4.78 is 90.7. The number of ether oxygens (including phenoxy) is 1. The van der Waals surface area contributed by atoms with Gasteiger partial charge in [0.2, 0.25) is 17.6 Å². The fourth-order valence-corrected chi connectivity index (χ4v) is 4.08. The zero-order chi connectivity index (χ0) is 25.8. The number of benzene rings is 2. The van der Waals surface area contributed by atoms with Crippen LogP contribution in [-0.2, 0) is 17.1 Å². The van der Waals surface area contributed by atoms with Gasteiger partial charge in [-0.2, -0.15) is 4.39 Å². The van der Waals surface area contributed by atoms with Crippen molar-refractivity contribution < 1.29 is 31.2 Å². The lowest BCUT2D eigenvalue weighted by molar-refractivity contribution is 0.401. The molecule has 2 N–H and O–H groups in total. The van der Waals surface area contributed by atoms with Gasteiger partial charge in [-0.3, -0.25) is 0 Å². The molecule has 0 fully saturated rings. The summed E-state index contributed by atoms with van der Waals surface area (Å²) in [5, 5.41) is 2.76. The van der Waals surface area contributed by atoms with Gasteiger partial charge in [-0.25, -0.2) is 37.2 Å². The van der Waals surface area contributed by atoms with Gasteiger partial charge in [0.15, 0.2) is 28.8 Å². The van der Waals surface area contributed by atoms with Crippen molar-refractivity contribution in [2.24, 2.45) is 0 Å². The van der Waals surface area contributed by atoms with Crippen LogP contribution in [0, 0.1) is 29.1 Å². The summed E-state index contributed by atoms with van der Waals surface area (Å²) in [6.07, 6.45) is 2.79. The van der Waals surface area contributed by atoms with E-state index in [2.05, 4.69) is 20.3 Å². The van der Waals surface area contributed by atoms with Gasteiger partial charge in [-0.1, -0.05) is 0 Å². The Morgan fingerprint density at radius 3 is 2.50 bits per heavy atom. The molecule has 13 heteroatoms. The molecule has 186 valence electrons. The highest BCUT2D eigenvalue weighted by Crippen LogP contribution is 2.35. The summed E-state index contributed by atoms with van der Waals surface area (Å²) >= 11 is -2.28. The van der Waals surface area contributed by atoms with Gasteiger partial charge >= 0.3 is 0 Å². The quantitative estimate of drug-likeness (QED) is 0.184. The van der Waals surface area contributed by atoms with Crippen molar-refractivity contribution in [1.82, 2.24) is 15.0 Å². The molecule has 1 atom stereocenters. The zero-order valence-corrected chi connectivity index (χ0v) is 19.2. The zero-order valence-electron chi connectivity index (χ0n) is 18.4. The number of pyridine rings is 1. The summed E-state index contributed by atoms with van der Waals surface area (Å²) in [4.78, 5) is 12.2. The van der Waals surface area contributed by atoms with Crippen LogP contribution >= 0.6 is 0 Å². The summed E-state index contributed by atoms with van der Waals surface area (Å²) in [7, 11) is 1.61. The number of nitrogens with zero attached hydrogens (tertiary/aromatic N) is 3. The minimum atomic E-state index is -2.28. The van der Waals surface area contributed by atoms with Gasteiger partial charge in [0, 0.05) is 37.1 Å². The molecule has 0 aliphatic carbocycles. The summed E-state index contributed by atoms with van der Waals surface area (Å²) in [6.45, 7) is 0. The first-order valence-corrected chi connectivity index (χ1v) is 11.5. The van der Waals surface area contributed by atoms with Gasteiger partial charge in [0.1, 0.15) is 11.6 Å². The van der Waals surface area contributed by atoms with Crippen LogP contribution in [0.25, 0.3) is 11.3 Å². The van der Waals surface area contributed by atoms with E-state index in [1.807, 2.05) is 4.72 Å². The van der Waals surface area contributed by atoms with E-state index < -0.39 is 57.6 Å². The van der Waals surface area contributed by atoms with Crippen molar-refractivity contribution in [3.8, 4) is 22.9 Å². The predicted octanol–water partition coefficient (Wildman–Crippen LogP) is 5.34. The Labute approximate surface area is 204 Å². The number of nitrogens with one attached hydrogen (secondary N) is 2. The standard InChI is InChI=1S/C23H16F5N5O2S/c1-29-23-31-8-6-17(32-23)14-3-2-7-30-22(14)35-18-10-16(26)21(20(28)19(18)27)33-36(34)11-12-4-5-13(24)9-15(12)25/h2-10,33H,11H2,1H3,(H,29,31,32). The molecule has 0 spiro atoms. The van der Waals surface area contributed by atoms with Crippen molar-refractivity contribution >= 4 is 23.0 Å². The van der Waals surface area contributed by atoms with E-state index in [1.54, 1.807) is 19.2 Å². The van der Waals surface area contributed by atoms with Gasteiger partial charge in [-0.15, -0.1) is 0 Å². The summed E-state index contributed by atoms with van der Waals surface area (Å²) in [6, 6.07) is 7.76. The Morgan fingerprint density at radius 2 is 1.75 bits per heavy atom. The molecule has 2 heterocycles. The number of anilines is 2. The fourth-order valence-electron chi connectivity index (χ4n) is 3.07. The van der Waals surface area contributed by atoms with E-state index in [1.165, 1.54) is 18.5 Å². The molecule has 1 unspecified atom stereocenters. The second-order valence-electron chi connectivity index (χ2n) is 7.16. The Kier molecular flexibility index (Phi) is 7.50. The number of hydrogen-bond donors (Lipinski definition) is 2. The lowest BCUT2D eigenvalue weighted by Crippen LogP contribution is -2.18. The van der Waals surface area contributed by atoms with E-state index in [4.69, 9.17) is 4.74 Å². The van der Waals surface area contributed by atoms with Crippen LogP contribution in [0.15, 0.2) is 54.9 Å². The van der Waals surface area contributed by atoms with Crippen LogP contribution in [0.3, 0.4) is 0 Å². The van der Waals surface area contributed by atoms with Crippen LogP contribution in [0.1, 0.15) is 5.56 Å². The first-order valence-electron chi connectivity index (χ1n) is 10.2. The van der Waals surface area contributed by atoms with Crippen LogP contribution in [0.5, 0.6) is 11.6 Å². The molecular formula is C23H16F5N5O2S. The molecule has 0 radical (unpaired) electrons. The Hall–Kier alpha value is -3.97. The molecule has 2 aromatic heterocycles. The summed E-state index contributed by atoms with van der Waals surface area (Å²) in [5.41, 5.74) is -0.574. The van der Waals surface area contributed by atoms with Crippen molar-refractivity contribution in [3.63, 3.8) is 0 Å². The molecule has 0 aliphatic rings. The normalized spacial score (nSPS) is 11.8. The summed E-state index contributed by atoms with van der Waals surface area (Å²) in [5.74, 6) is -7.74. The van der Waals surface area contributed by atoms with E-state index in [0.717, 1.165) is 12.1 Å². The molecule has 4 aromatic rings. The van der Waals surface area contributed by atoms with Gasteiger partial charge in [-0.05, 0) is 30.3 Å². The van der Waals surface area contributed by atoms with Crippen LogP contribution in [0.4, 0.5) is 33.6 Å². The van der Waals surface area contributed by atoms with Gasteiger partial charge < -0.3 is 14.6 Å². The third kappa shape index (κ3) is 5.47. The van der Waals surface area contributed by atoms with Crippen LogP contribution in [0.2, 0.25) is 0 Å². The lowest BCUT2D eigenvalue weighted by atomic mass is 10.2. The number of aromatic nitrogens is 3. The third-order valence-electron chi connectivity index (χ3n) is 4.78. The maximum Gasteiger partial charge on any atom is 0.228 e. The van der Waals surface area contributed by atoms with E-state index in [-0.39, 0.29) is 17.4 Å². The second-order valence-corrected chi connectivity index (χ2v) is 8.34. The molecule has 0 bridgehead atoms. The van der Waals surface area contributed by atoms with Crippen molar-refractivity contribution in [3.05, 3.63) is 89.5 Å². The molecule has 0 amide bonds. The Morgan fingerprint density at radius 1 is 0.944 bits per heavy atom. The molecule has 2 aromatic carbocycles. The van der Waals surface area contributed by atoms with E-state index in [9.17, 15) is 26.5 Å². The molecule has 7 nitrogen and oxygen atoms in total. The monoisotopic (exact) mass is 521 g/mol. The molecule has 0 aliphatic heterocycles. The number of rotatable bonds is 8. The maximum atomic E-state index is 14.8. The maximum absolute atomic E-state index is 14.8. The highest BCUT2D eigenvalue weighted by Gasteiger charge is 2.25. The first kappa shape index (κ1) is 25.1. The molecule has 0 saturated heterocycles. The smallest absolute Gasteiger partial charge is 0.228 e. The lowest BCUT2D eigenvalue weighted by Gasteiger charge is -2.16. The van der Waals surface area contributed by atoms with E-state index >= 15 is 0 Å². The highest BCUT2D eigenvalue weighted by molar-refractivity contribution is 7.91. The number of halogens is 5. The average Bonchev–Trinajstić information content (AvgIpc) is 2.87. The number of hydrogen-bond acceptors (Lipinski definition) is 7. The van der Waals surface area contributed by atoms with E-state index in [0.29, 0.717) is 23.4 Å². The SMILES string of the molecule is CNc1nccc(-c2cccnc2Oc2cc(F)c(N[S+]([O-])Cc3ccc(F)cc3F)c(F)c2F)n1. The third-order valence-corrected chi connectivity index (χ3v) is 5.78. The largest absolute Gasteiger partial charge is 0.593 e. The molecule has 36 heavy (non-hydrogen) atoms. The topological polar surface area (TPSA) is 95.0 Å². The minimum absolute atomic E-state index is 0.169. The highest BCUT2D eigenvalue weighted by atomic mass is 32.2. The van der Waals surface area contributed by atoms with Gasteiger partial charge in [0.25, 0.3) is 0 Å².